The number of rotatable bonds is 10. The lowest BCUT2D eigenvalue weighted by atomic mass is 10.2. The Morgan fingerprint density at radius 2 is 1.76 bits per heavy atom. The third-order valence-corrected chi connectivity index (χ3v) is 3.98. The Morgan fingerprint density at radius 3 is 2.41 bits per heavy atom. The van der Waals surface area contributed by atoms with Crippen LogP contribution < -0.4 is 9.47 Å². The first-order chi connectivity index (χ1) is 14.1. The van der Waals surface area contributed by atoms with Crippen LogP contribution in [0.25, 0.3) is 0 Å². The van der Waals surface area contributed by atoms with E-state index in [0.29, 0.717) is 36.0 Å². The molecule has 6 nitrogen and oxygen atoms in total. The summed E-state index contributed by atoms with van der Waals surface area (Å²) in [6.45, 7) is 6.53. The fraction of sp³-hybridized carbons (Fsp3) is 0.348. The lowest BCUT2D eigenvalue weighted by Gasteiger charge is -2.10. The molecule has 0 fully saturated rings. The van der Waals surface area contributed by atoms with Crippen LogP contribution in [0.2, 0.25) is 0 Å². The van der Waals surface area contributed by atoms with Crippen LogP contribution >= 0.6 is 0 Å². The molecule has 0 radical (unpaired) electrons. The molecule has 0 saturated heterocycles. The lowest BCUT2D eigenvalue weighted by Crippen LogP contribution is -2.07. The Balaban J connectivity index is 2.07. The lowest BCUT2D eigenvalue weighted by molar-refractivity contribution is -0.134. The van der Waals surface area contributed by atoms with Crippen molar-refractivity contribution in [1.29, 1.82) is 0 Å². The van der Waals surface area contributed by atoms with E-state index < -0.39 is 0 Å². The molecule has 0 heterocycles. The van der Waals surface area contributed by atoms with Gasteiger partial charge < -0.3 is 14.2 Å². The van der Waals surface area contributed by atoms with E-state index in [-0.39, 0.29) is 18.4 Å². The molecule has 0 atom stereocenters. The van der Waals surface area contributed by atoms with E-state index in [4.69, 9.17) is 14.2 Å². The molecule has 2 rings (SSSR count). The van der Waals surface area contributed by atoms with Crippen molar-refractivity contribution in [2.75, 3.05) is 13.2 Å². The van der Waals surface area contributed by atoms with Crippen molar-refractivity contribution >= 4 is 23.8 Å². The molecule has 154 valence electrons. The molecular weight excluding hydrogens is 370 g/mol. The summed E-state index contributed by atoms with van der Waals surface area (Å²) in [5, 5.41) is 0. The molecule has 6 heteroatoms. The number of ether oxygens (including phenoxy) is 3. The van der Waals surface area contributed by atoms with Crippen molar-refractivity contribution in [1.82, 2.24) is 0 Å². The van der Waals surface area contributed by atoms with Gasteiger partial charge in [-0.1, -0.05) is 20.3 Å². The second-order valence-electron chi connectivity index (χ2n) is 6.26. The van der Waals surface area contributed by atoms with Crippen molar-refractivity contribution in [3.63, 3.8) is 0 Å². The van der Waals surface area contributed by atoms with Crippen LogP contribution in [-0.4, -0.2) is 31.4 Å². The highest BCUT2D eigenvalue weighted by Gasteiger charge is 2.10. The second-order valence-corrected chi connectivity index (χ2v) is 6.26. The molecule has 0 aromatic heterocycles. The van der Waals surface area contributed by atoms with Gasteiger partial charge in [0.15, 0.2) is 11.5 Å². The Bertz CT molecular complexity index is 843. The fourth-order valence-electron chi connectivity index (χ4n) is 2.38. The van der Waals surface area contributed by atoms with E-state index >= 15 is 0 Å². The number of carbonyl (C=O) groups is 2. The topological polar surface area (TPSA) is 74.2 Å². The number of hydrogen-bond donors (Lipinski definition) is 0. The van der Waals surface area contributed by atoms with Gasteiger partial charge in [-0.3, -0.25) is 9.79 Å². The standard InChI is InChI=1S/C23H27NO5/c1-4-7-14-28-23(26)18-9-11-19(12-10-18)24-16-17-8-13-20(29-22(25)5-2)21(15-17)27-6-3/h8-13,15-16H,4-7,14H2,1-3H3. The molecule has 0 bridgehead atoms. The largest absolute Gasteiger partial charge is 0.490 e. The minimum atomic E-state index is -0.326. The zero-order valence-corrected chi connectivity index (χ0v) is 17.1. The van der Waals surface area contributed by atoms with Crippen LogP contribution in [0.15, 0.2) is 47.5 Å². The molecule has 0 spiro atoms. The summed E-state index contributed by atoms with van der Waals surface area (Å²) in [4.78, 5) is 27.9. The summed E-state index contributed by atoms with van der Waals surface area (Å²) in [5.74, 6) is 0.235. The Labute approximate surface area is 171 Å². The monoisotopic (exact) mass is 397 g/mol. The third kappa shape index (κ3) is 7.07. The molecule has 0 aliphatic carbocycles. The highest BCUT2D eigenvalue weighted by atomic mass is 16.6. The predicted molar refractivity (Wildman–Crippen MR) is 112 cm³/mol. The van der Waals surface area contributed by atoms with Crippen molar-refractivity contribution in [3.8, 4) is 11.5 Å². The van der Waals surface area contributed by atoms with Crippen LogP contribution in [0.5, 0.6) is 11.5 Å². The van der Waals surface area contributed by atoms with Crippen LogP contribution in [0.3, 0.4) is 0 Å². The van der Waals surface area contributed by atoms with Gasteiger partial charge in [0.25, 0.3) is 0 Å². The van der Waals surface area contributed by atoms with E-state index in [1.54, 1.807) is 55.6 Å². The maximum Gasteiger partial charge on any atom is 0.338 e. The fourth-order valence-corrected chi connectivity index (χ4v) is 2.38. The van der Waals surface area contributed by atoms with Crippen molar-refractivity contribution < 1.29 is 23.8 Å². The third-order valence-electron chi connectivity index (χ3n) is 3.98. The molecular formula is C23H27NO5. The average Bonchev–Trinajstić information content (AvgIpc) is 2.74. The van der Waals surface area contributed by atoms with Crippen molar-refractivity contribution in [2.24, 2.45) is 4.99 Å². The Morgan fingerprint density at radius 1 is 1.00 bits per heavy atom. The summed E-state index contributed by atoms with van der Waals surface area (Å²) in [6, 6.07) is 12.2. The van der Waals surface area contributed by atoms with Gasteiger partial charge >= 0.3 is 11.9 Å². The molecule has 0 unspecified atom stereocenters. The van der Waals surface area contributed by atoms with Crippen molar-refractivity contribution in [2.45, 2.75) is 40.0 Å². The van der Waals surface area contributed by atoms with Crippen LogP contribution in [0.1, 0.15) is 56.0 Å². The van der Waals surface area contributed by atoms with E-state index in [0.717, 1.165) is 18.4 Å². The first-order valence-electron chi connectivity index (χ1n) is 9.86. The van der Waals surface area contributed by atoms with Crippen molar-refractivity contribution in [3.05, 3.63) is 53.6 Å². The van der Waals surface area contributed by atoms with Gasteiger partial charge in [0.05, 0.1) is 24.5 Å². The van der Waals surface area contributed by atoms with Crippen LogP contribution in [-0.2, 0) is 9.53 Å². The SMILES string of the molecule is CCCCOC(=O)c1ccc(N=Cc2ccc(OC(=O)CC)c(OCC)c2)cc1. The summed E-state index contributed by atoms with van der Waals surface area (Å²) in [7, 11) is 0. The van der Waals surface area contributed by atoms with E-state index in [9.17, 15) is 9.59 Å². The quantitative estimate of drug-likeness (QED) is 0.241. The molecule has 0 aliphatic heterocycles. The summed E-state index contributed by atoms with van der Waals surface area (Å²) in [6.07, 6.45) is 3.81. The zero-order chi connectivity index (χ0) is 21.1. The minimum absolute atomic E-state index is 0.289. The zero-order valence-electron chi connectivity index (χ0n) is 17.1. The summed E-state index contributed by atoms with van der Waals surface area (Å²) in [5.41, 5.74) is 2.00. The van der Waals surface area contributed by atoms with E-state index in [1.165, 1.54) is 0 Å². The Hall–Kier alpha value is -3.15. The van der Waals surface area contributed by atoms with E-state index in [1.807, 2.05) is 13.8 Å². The second kappa shape index (κ2) is 11.6. The maximum atomic E-state index is 11.9. The minimum Gasteiger partial charge on any atom is -0.490 e. The summed E-state index contributed by atoms with van der Waals surface area (Å²) >= 11 is 0. The highest BCUT2D eigenvalue weighted by Crippen LogP contribution is 2.28. The first-order valence-corrected chi connectivity index (χ1v) is 9.86. The number of carbonyl (C=O) groups excluding carboxylic acids is 2. The number of unbranched alkanes of at least 4 members (excludes halogenated alkanes) is 1. The van der Waals surface area contributed by atoms with Gasteiger partial charge in [-0.2, -0.15) is 0 Å². The van der Waals surface area contributed by atoms with Gasteiger partial charge in [0.2, 0.25) is 0 Å². The van der Waals surface area contributed by atoms with Gasteiger partial charge in [-0.15, -0.1) is 0 Å². The number of nitrogens with zero attached hydrogens (tertiary/aromatic N) is 1. The van der Waals surface area contributed by atoms with Gasteiger partial charge in [-0.05, 0) is 61.4 Å². The summed E-state index contributed by atoms with van der Waals surface area (Å²) < 4.78 is 16.0. The van der Waals surface area contributed by atoms with Gasteiger partial charge in [-0.25, -0.2) is 4.79 Å². The number of aliphatic imine (C=N–C) groups is 1. The number of esters is 2. The smallest absolute Gasteiger partial charge is 0.338 e. The molecule has 0 N–H and O–H groups in total. The first kappa shape index (κ1) is 22.1. The normalized spacial score (nSPS) is 10.7. The molecule has 0 amide bonds. The van der Waals surface area contributed by atoms with Gasteiger partial charge in [0.1, 0.15) is 0 Å². The molecule has 2 aromatic carbocycles. The van der Waals surface area contributed by atoms with Gasteiger partial charge in [0, 0.05) is 12.6 Å². The number of benzene rings is 2. The highest BCUT2D eigenvalue weighted by molar-refractivity contribution is 5.90. The van der Waals surface area contributed by atoms with Crippen LogP contribution in [0.4, 0.5) is 5.69 Å². The molecule has 29 heavy (non-hydrogen) atoms. The molecule has 2 aromatic rings. The van der Waals surface area contributed by atoms with Crippen LogP contribution in [0, 0.1) is 0 Å². The maximum absolute atomic E-state index is 11.9. The Kier molecular flexibility index (Phi) is 8.89. The average molecular weight is 397 g/mol. The molecule has 0 saturated carbocycles. The van der Waals surface area contributed by atoms with E-state index in [2.05, 4.69) is 4.99 Å². The number of hydrogen-bond acceptors (Lipinski definition) is 6. The predicted octanol–water partition coefficient (Wildman–Crippen LogP) is 5.11. The molecule has 0 aliphatic rings.